The van der Waals surface area contributed by atoms with Crippen LogP contribution in [0.15, 0.2) is 0 Å². The minimum atomic E-state index is -0.0413. The first-order valence-electron chi connectivity index (χ1n) is 5.85. The molecule has 0 aromatic rings. The van der Waals surface area contributed by atoms with Gasteiger partial charge in [0.2, 0.25) is 0 Å². The molecule has 2 fully saturated rings. The van der Waals surface area contributed by atoms with Gasteiger partial charge in [0, 0.05) is 17.8 Å². The maximum Gasteiger partial charge on any atom is 0.0695 e. The molecule has 3 heteroatoms. The number of likely N-dealkylation sites (tertiary alicyclic amines) is 1. The van der Waals surface area contributed by atoms with Gasteiger partial charge in [-0.3, -0.25) is 4.90 Å². The van der Waals surface area contributed by atoms with Crippen molar-refractivity contribution in [2.45, 2.75) is 50.0 Å². The van der Waals surface area contributed by atoms with Crippen LogP contribution in [0.1, 0.15) is 32.6 Å². The minimum absolute atomic E-state index is 0.0413. The smallest absolute Gasteiger partial charge is 0.0695 e. The largest absolute Gasteiger partial charge is 0.391 e. The third-order valence-electron chi connectivity index (χ3n) is 3.49. The summed E-state index contributed by atoms with van der Waals surface area (Å²) in [4.78, 5) is 2.52. The van der Waals surface area contributed by atoms with Crippen LogP contribution in [0.4, 0.5) is 0 Å². The summed E-state index contributed by atoms with van der Waals surface area (Å²) in [6, 6.07) is 0.484. The van der Waals surface area contributed by atoms with Crippen LogP contribution in [0, 0.1) is 0 Å². The molecule has 0 aromatic carbocycles. The summed E-state index contributed by atoms with van der Waals surface area (Å²) >= 11 is 2.08. The molecule has 1 saturated carbocycles. The lowest BCUT2D eigenvalue weighted by molar-refractivity contribution is 0.0856. The van der Waals surface area contributed by atoms with Gasteiger partial charge in [0.25, 0.3) is 0 Å². The molecule has 1 aliphatic heterocycles. The quantitative estimate of drug-likeness (QED) is 0.775. The first-order valence-corrected chi connectivity index (χ1v) is 6.90. The van der Waals surface area contributed by atoms with Crippen LogP contribution in [-0.2, 0) is 0 Å². The van der Waals surface area contributed by atoms with E-state index in [4.69, 9.17) is 0 Å². The molecule has 1 unspecified atom stereocenters. The van der Waals surface area contributed by atoms with Gasteiger partial charge >= 0.3 is 0 Å². The molecule has 14 heavy (non-hydrogen) atoms. The SMILES string of the molecule is CCSC1CCN([C@@H]2CCC[C@H]2O)C1. The second-order valence-electron chi connectivity index (χ2n) is 4.43. The number of aliphatic hydroxyl groups is 1. The van der Waals surface area contributed by atoms with Crippen molar-refractivity contribution < 1.29 is 5.11 Å². The Bertz CT molecular complexity index is 188. The molecule has 2 rings (SSSR count). The van der Waals surface area contributed by atoms with Crippen LogP contribution in [0.25, 0.3) is 0 Å². The fourth-order valence-electron chi connectivity index (χ4n) is 2.77. The predicted molar refractivity (Wildman–Crippen MR) is 61.8 cm³/mol. The van der Waals surface area contributed by atoms with Crippen LogP contribution in [0.2, 0.25) is 0 Å². The molecular weight excluding hydrogens is 194 g/mol. The summed E-state index contributed by atoms with van der Waals surface area (Å²) < 4.78 is 0. The first-order chi connectivity index (χ1) is 6.81. The van der Waals surface area contributed by atoms with Gasteiger partial charge in [0.15, 0.2) is 0 Å². The van der Waals surface area contributed by atoms with Crippen LogP contribution in [0.3, 0.4) is 0 Å². The van der Waals surface area contributed by atoms with Gasteiger partial charge in [-0.25, -0.2) is 0 Å². The van der Waals surface area contributed by atoms with Gasteiger partial charge in [-0.15, -0.1) is 0 Å². The van der Waals surface area contributed by atoms with Gasteiger partial charge < -0.3 is 5.11 Å². The minimum Gasteiger partial charge on any atom is -0.391 e. The van der Waals surface area contributed by atoms with Crippen molar-refractivity contribution in [3.8, 4) is 0 Å². The molecule has 1 N–H and O–H groups in total. The van der Waals surface area contributed by atoms with E-state index in [1.807, 2.05) is 0 Å². The van der Waals surface area contributed by atoms with E-state index < -0.39 is 0 Å². The molecule has 0 radical (unpaired) electrons. The topological polar surface area (TPSA) is 23.5 Å². The third-order valence-corrected chi connectivity index (χ3v) is 4.68. The van der Waals surface area contributed by atoms with Crippen LogP contribution < -0.4 is 0 Å². The van der Waals surface area contributed by atoms with Gasteiger partial charge in [0.05, 0.1) is 6.10 Å². The molecule has 82 valence electrons. The standard InChI is InChI=1S/C11H21NOS/c1-2-14-9-6-7-12(8-9)10-4-3-5-11(10)13/h9-11,13H,2-8H2,1H3/t9?,10-,11-/m1/s1. The highest BCUT2D eigenvalue weighted by atomic mass is 32.2. The van der Waals surface area contributed by atoms with E-state index >= 15 is 0 Å². The van der Waals surface area contributed by atoms with Crippen molar-refractivity contribution in [3.63, 3.8) is 0 Å². The second kappa shape index (κ2) is 4.86. The van der Waals surface area contributed by atoms with Gasteiger partial charge in [-0.05, 0) is 38.0 Å². The van der Waals surface area contributed by atoms with Crippen molar-refractivity contribution in [1.29, 1.82) is 0 Å². The van der Waals surface area contributed by atoms with Gasteiger partial charge in [-0.1, -0.05) is 6.92 Å². The fourth-order valence-corrected chi connectivity index (χ4v) is 3.81. The van der Waals surface area contributed by atoms with Crippen LogP contribution >= 0.6 is 11.8 Å². The Labute approximate surface area is 91.1 Å². The first kappa shape index (κ1) is 10.8. The van der Waals surface area contributed by atoms with Crippen LogP contribution in [-0.4, -0.2) is 46.2 Å². The number of rotatable bonds is 3. The number of aliphatic hydroxyl groups excluding tert-OH is 1. The Morgan fingerprint density at radius 2 is 2.21 bits per heavy atom. The van der Waals surface area contributed by atoms with E-state index in [1.54, 1.807) is 0 Å². The normalized spacial score (nSPS) is 39.4. The Morgan fingerprint density at radius 3 is 2.86 bits per heavy atom. The number of nitrogens with zero attached hydrogens (tertiary/aromatic N) is 1. The summed E-state index contributed by atoms with van der Waals surface area (Å²) in [6.07, 6.45) is 4.73. The molecule has 2 nitrogen and oxygen atoms in total. The highest BCUT2D eigenvalue weighted by Crippen LogP contribution is 2.30. The highest BCUT2D eigenvalue weighted by molar-refractivity contribution is 7.99. The van der Waals surface area contributed by atoms with E-state index in [0.29, 0.717) is 6.04 Å². The average Bonchev–Trinajstić information content (AvgIpc) is 2.74. The van der Waals surface area contributed by atoms with Crippen molar-refractivity contribution in [2.24, 2.45) is 0 Å². The molecule has 0 bridgehead atoms. The predicted octanol–water partition coefficient (Wildman–Crippen LogP) is 1.73. The molecule has 0 spiro atoms. The molecule has 1 aliphatic carbocycles. The lowest BCUT2D eigenvalue weighted by Gasteiger charge is -2.26. The summed E-state index contributed by atoms with van der Waals surface area (Å²) in [5, 5.41) is 10.6. The molecule has 0 amide bonds. The summed E-state index contributed by atoms with van der Waals surface area (Å²) in [7, 11) is 0. The zero-order chi connectivity index (χ0) is 9.97. The Morgan fingerprint density at radius 1 is 1.36 bits per heavy atom. The molecule has 1 heterocycles. The number of hydrogen-bond donors (Lipinski definition) is 1. The molecular formula is C11H21NOS. The molecule has 3 atom stereocenters. The maximum atomic E-state index is 9.82. The van der Waals surface area contributed by atoms with Gasteiger partial charge in [0.1, 0.15) is 0 Å². The Hall–Kier alpha value is 0.270. The van der Waals surface area contributed by atoms with E-state index in [0.717, 1.165) is 11.7 Å². The van der Waals surface area contributed by atoms with E-state index in [1.165, 1.54) is 38.1 Å². The van der Waals surface area contributed by atoms with Crippen LogP contribution in [0.5, 0.6) is 0 Å². The monoisotopic (exact) mass is 215 g/mol. The van der Waals surface area contributed by atoms with Crippen molar-refractivity contribution >= 4 is 11.8 Å². The van der Waals surface area contributed by atoms with Gasteiger partial charge in [-0.2, -0.15) is 11.8 Å². The molecule has 0 aromatic heterocycles. The Kier molecular flexibility index (Phi) is 3.74. The molecule has 2 aliphatic rings. The lowest BCUT2D eigenvalue weighted by Crippen LogP contribution is -2.39. The second-order valence-corrected chi connectivity index (χ2v) is 6.00. The van der Waals surface area contributed by atoms with Crippen molar-refractivity contribution in [3.05, 3.63) is 0 Å². The zero-order valence-electron chi connectivity index (χ0n) is 8.98. The summed E-state index contributed by atoms with van der Waals surface area (Å²) in [5.41, 5.74) is 0. The number of thioether (sulfide) groups is 1. The Balaban J connectivity index is 1.82. The maximum absolute atomic E-state index is 9.82. The fraction of sp³-hybridized carbons (Fsp3) is 1.00. The van der Waals surface area contributed by atoms with E-state index in [-0.39, 0.29) is 6.10 Å². The zero-order valence-corrected chi connectivity index (χ0v) is 9.80. The van der Waals surface area contributed by atoms with E-state index in [2.05, 4.69) is 23.6 Å². The lowest BCUT2D eigenvalue weighted by atomic mass is 10.2. The summed E-state index contributed by atoms with van der Waals surface area (Å²) in [5.74, 6) is 1.23. The van der Waals surface area contributed by atoms with Crippen molar-refractivity contribution in [1.82, 2.24) is 4.90 Å². The third kappa shape index (κ3) is 2.26. The van der Waals surface area contributed by atoms with E-state index in [9.17, 15) is 5.11 Å². The summed E-state index contributed by atoms with van der Waals surface area (Å²) in [6.45, 7) is 4.65. The number of hydrogen-bond acceptors (Lipinski definition) is 3. The molecule has 1 saturated heterocycles. The van der Waals surface area contributed by atoms with Crippen molar-refractivity contribution in [2.75, 3.05) is 18.8 Å². The highest BCUT2D eigenvalue weighted by Gasteiger charge is 2.34. The average molecular weight is 215 g/mol.